The molecular weight excluding hydrogens is 107 g/mol. The molecule has 0 rings (SSSR count). The van der Waals surface area contributed by atoms with Crippen LogP contribution in [0.2, 0.25) is 0 Å². The van der Waals surface area contributed by atoms with Gasteiger partial charge in [-0.15, -0.1) is 12.4 Å². The van der Waals surface area contributed by atoms with E-state index in [9.17, 15) is 0 Å². The highest BCUT2D eigenvalue weighted by Gasteiger charge is 1.65. The Morgan fingerprint density at radius 1 is 1.67 bits per heavy atom. The van der Waals surface area contributed by atoms with Crippen LogP contribution in [0.1, 0.15) is 6.92 Å². The van der Waals surface area contributed by atoms with Crippen molar-refractivity contribution < 1.29 is 15.4 Å². The van der Waals surface area contributed by atoms with Crippen molar-refractivity contribution in [1.29, 1.82) is 0 Å². The first-order valence-corrected chi connectivity index (χ1v) is 0.928. The number of aliphatic carboxylic acids is 1. The van der Waals surface area contributed by atoms with Crippen LogP contribution < -0.4 is 0 Å². The first-order valence-electron chi connectivity index (χ1n) is 0.928. The molecule has 0 aliphatic carbocycles. The molecule has 3 nitrogen and oxygen atoms in total. The van der Waals surface area contributed by atoms with Gasteiger partial charge in [0, 0.05) is 6.92 Å². The van der Waals surface area contributed by atoms with E-state index in [2.05, 4.69) is 0 Å². The third kappa shape index (κ3) is 351. The predicted molar refractivity (Wildman–Crippen MR) is 24.2 cm³/mol. The maximum Gasteiger partial charge on any atom is 0.300 e. The largest absolute Gasteiger partial charge is 0.481 e. The summed E-state index contributed by atoms with van der Waals surface area (Å²) < 4.78 is 0. The zero-order valence-electron chi connectivity index (χ0n) is 3.26. The van der Waals surface area contributed by atoms with Gasteiger partial charge in [0.1, 0.15) is 0 Å². The van der Waals surface area contributed by atoms with Gasteiger partial charge in [-0.1, -0.05) is 0 Å². The van der Waals surface area contributed by atoms with Crippen molar-refractivity contribution in [2.45, 2.75) is 6.92 Å². The van der Waals surface area contributed by atoms with Crippen LogP contribution in [0.4, 0.5) is 0 Å². The summed E-state index contributed by atoms with van der Waals surface area (Å²) >= 11 is 0. The molecule has 0 atom stereocenters. The first kappa shape index (κ1) is 17.2. The molecule has 0 aromatic heterocycles. The van der Waals surface area contributed by atoms with E-state index in [0.29, 0.717) is 0 Å². The first-order chi connectivity index (χ1) is 1.73. The Morgan fingerprint density at radius 2 is 1.67 bits per heavy atom. The minimum atomic E-state index is -0.833. The minimum Gasteiger partial charge on any atom is -0.481 e. The van der Waals surface area contributed by atoms with Crippen LogP contribution in [0, 0.1) is 0 Å². The minimum absolute atomic E-state index is 0. The summed E-state index contributed by atoms with van der Waals surface area (Å²) in [7, 11) is 0. The van der Waals surface area contributed by atoms with Crippen LogP contribution in [0.5, 0.6) is 0 Å². The summed E-state index contributed by atoms with van der Waals surface area (Å²) in [4.78, 5) is 9.00. The summed E-state index contributed by atoms with van der Waals surface area (Å²) in [6.07, 6.45) is 0. The third-order valence-corrected chi connectivity index (χ3v) is 0. The van der Waals surface area contributed by atoms with Crippen molar-refractivity contribution in [3.63, 3.8) is 0 Å². The Bertz CT molecular complexity index is 31.8. The molecule has 0 aromatic carbocycles. The highest BCUT2D eigenvalue weighted by molar-refractivity contribution is 5.85. The van der Waals surface area contributed by atoms with Crippen molar-refractivity contribution in [3.8, 4) is 0 Å². The number of rotatable bonds is 0. The number of carboxylic acid groups (broad SMARTS) is 1. The smallest absolute Gasteiger partial charge is 0.300 e. The lowest BCUT2D eigenvalue weighted by Gasteiger charge is -1.59. The molecule has 3 N–H and O–H groups in total. The molecule has 40 valence electrons. The predicted octanol–water partition coefficient (Wildman–Crippen LogP) is -0.312. The molecule has 0 unspecified atom stereocenters. The maximum absolute atomic E-state index is 9.00. The quantitative estimate of drug-likeness (QED) is 0.469. The number of carbonyl (C=O) groups is 1. The zero-order valence-corrected chi connectivity index (χ0v) is 4.08. The molecular formula is C2H7ClO3. The number of halogens is 1. The molecule has 0 fully saturated rings. The van der Waals surface area contributed by atoms with E-state index in [0.717, 1.165) is 6.92 Å². The monoisotopic (exact) mass is 114 g/mol. The summed E-state index contributed by atoms with van der Waals surface area (Å²) in [5.74, 6) is -0.833. The van der Waals surface area contributed by atoms with E-state index in [1.54, 1.807) is 0 Å². The van der Waals surface area contributed by atoms with E-state index >= 15 is 0 Å². The summed E-state index contributed by atoms with van der Waals surface area (Å²) in [6, 6.07) is 0. The Morgan fingerprint density at radius 3 is 1.67 bits per heavy atom. The molecule has 0 saturated carbocycles. The lowest BCUT2D eigenvalue weighted by Crippen LogP contribution is -1.78. The second-order valence-corrected chi connectivity index (χ2v) is 0.519. The van der Waals surface area contributed by atoms with E-state index in [1.165, 1.54) is 0 Å². The van der Waals surface area contributed by atoms with Crippen molar-refractivity contribution in [2.75, 3.05) is 0 Å². The standard InChI is InChI=1S/C2H4O2.ClH.H2O/c1-2(3)4;;/h1H3,(H,3,4);1H;1H2. The van der Waals surface area contributed by atoms with Gasteiger partial charge in [0.15, 0.2) is 0 Å². The second-order valence-electron chi connectivity index (χ2n) is 0.519. The SMILES string of the molecule is CC(=O)O.Cl.O. The molecule has 0 saturated heterocycles. The fraction of sp³-hybridized carbons (Fsp3) is 0.500. The van der Waals surface area contributed by atoms with Gasteiger partial charge in [-0.25, -0.2) is 0 Å². The Labute approximate surface area is 41.7 Å². The van der Waals surface area contributed by atoms with Crippen LogP contribution in [-0.4, -0.2) is 16.6 Å². The molecule has 6 heavy (non-hydrogen) atoms. The highest BCUT2D eigenvalue weighted by Crippen LogP contribution is 1.42. The van der Waals surface area contributed by atoms with E-state index in [-0.39, 0.29) is 17.9 Å². The van der Waals surface area contributed by atoms with Gasteiger partial charge in [0.25, 0.3) is 5.97 Å². The van der Waals surface area contributed by atoms with Crippen LogP contribution >= 0.6 is 12.4 Å². The molecule has 0 radical (unpaired) electrons. The van der Waals surface area contributed by atoms with Crippen LogP contribution in [0.25, 0.3) is 0 Å². The van der Waals surface area contributed by atoms with Crippen molar-refractivity contribution in [2.24, 2.45) is 0 Å². The van der Waals surface area contributed by atoms with E-state index in [1.807, 2.05) is 0 Å². The number of hydrogen-bond acceptors (Lipinski definition) is 1. The molecule has 0 spiro atoms. The van der Waals surface area contributed by atoms with Crippen molar-refractivity contribution in [1.82, 2.24) is 0 Å². The topological polar surface area (TPSA) is 68.8 Å². The Balaban J connectivity index is -0.0000000450. The molecule has 0 aliphatic rings. The molecule has 0 heterocycles. The van der Waals surface area contributed by atoms with Gasteiger partial charge in [-0.2, -0.15) is 0 Å². The van der Waals surface area contributed by atoms with Crippen LogP contribution in [0.3, 0.4) is 0 Å². The van der Waals surface area contributed by atoms with Crippen LogP contribution in [-0.2, 0) is 4.79 Å². The van der Waals surface area contributed by atoms with Crippen molar-refractivity contribution >= 4 is 18.4 Å². The van der Waals surface area contributed by atoms with Gasteiger partial charge < -0.3 is 10.6 Å². The molecule has 0 bridgehead atoms. The van der Waals surface area contributed by atoms with Crippen molar-refractivity contribution in [3.05, 3.63) is 0 Å². The van der Waals surface area contributed by atoms with Crippen LogP contribution in [0.15, 0.2) is 0 Å². The Kier molecular flexibility index (Phi) is 25.3. The summed E-state index contributed by atoms with van der Waals surface area (Å²) in [5.41, 5.74) is 0. The molecule has 0 amide bonds. The lowest BCUT2D eigenvalue weighted by molar-refractivity contribution is -0.134. The number of carboxylic acids is 1. The molecule has 0 aromatic rings. The number of hydrogen-bond donors (Lipinski definition) is 1. The van der Waals surface area contributed by atoms with Gasteiger partial charge >= 0.3 is 0 Å². The normalized spacial score (nSPS) is 4.17. The lowest BCUT2D eigenvalue weighted by atomic mass is 10.9. The van der Waals surface area contributed by atoms with Gasteiger partial charge in [-0.05, 0) is 0 Å². The average Bonchev–Trinajstić information content (AvgIpc) is 0.811. The molecule has 0 aliphatic heterocycles. The van der Waals surface area contributed by atoms with Gasteiger partial charge in [0.2, 0.25) is 0 Å². The Hall–Kier alpha value is -0.280. The summed E-state index contributed by atoms with van der Waals surface area (Å²) in [5, 5.41) is 7.42. The average molecular weight is 115 g/mol. The summed E-state index contributed by atoms with van der Waals surface area (Å²) in [6.45, 7) is 1.08. The second kappa shape index (κ2) is 8.83. The van der Waals surface area contributed by atoms with Gasteiger partial charge in [-0.3, -0.25) is 4.79 Å². The highest BCUT2D eigenvalue weighted by atomic mass is 35.5. The fourth-order valence-electron chi connectivity index (χ4n) is 0. The van der Waals surface area contributed by atoms with E-state index in [4.69, 9.17) is 9.90 Å². The molecule has 4 heteroatoms. The zero-order chi connectivity index (χ0) is 3.58. The van der Waals surface area contributed by atoms with Gasteiger partial charge in [0.05, 0.1) is 0 Å². The van der Waals surface area contributed by atoms with E-state index < -0.39 is 5.97 Å². The third-order valence-electron chi connectivity index (χ3n) is 0. The fourth-order valence-corrected chi connectivity index (χ4v) is 0. The maximum atomic E-state index is 9.00.